The smallest absolute Gasteiger partial charge is 0.355 e. The van der Waals surface area contributed by atoms with Crippen molar-refractivity contribution in [3.8, 4) is 0 Å². The van der Waals surface area contributed by atoms with Crippen molar-refractivity contribution in [1.29, 1.82) is 0 Å². The van der Waals surface area contributed by atoms with Crippen LogP contribution < -0.4 is 10.6 Å². The van der Waals surface area contributed by atoms with Gasteiger partial charge in [-0.3, -0.25) is 14.4 Å². The molecule has 2 N–H and O–H groups in total. The lowest BCUT2D eigenvalue weighted by Gasteiger charge is -2.09. The number of rotatable bonds is 8. The van der Waals surface area contributed by atoms with E-state index in [0.717, 1.165) is 0 Å². The molecule has 0 bridgehead atoms. The van der Waals surface area contributed by atoms with Crippen molar-refractivity contribution in [3.63, 3.8) is 0 Å². The SMILES string of the molecule is CCC(=O)Nc1ccc(C(=O)COC(=O)/C(=C/c2ccccc2)NC(C)=O)cc1. The van der Waals surface area contributed by atoms with Gasteiger partial charge in [0.05, 0.1) is 0 Å². The highest BCUT2D eigenvalue weighted by molar-refractivity contribution is 6.02. The molecule has 0 unspecified atom stereocenters. The predicted molar refractivity (Wildman–Crippen MR) is 109 cm³/mol. The average molecular weight is 394 g/mol. The number of amides is 2. The first-order chi connectivity index (χ1) is 13.9. The minimum absolute atomic E-state index is 0.0610. The lowest BCUT2D eigenvalue weighted by atomic mass is 10.1. The topological polar surface area (TPSA) is 102 Å². The molecule has 0 saturated carbocycles. The van der Waals surface area contributed by atoms with Crippen molar-refractivity contribution in [3.05, 3.63) is 71.4 Å². The second-order valence-electron chi connectivity index (χ2n) is 6.13. The normalized spacial score (nSPS) is 10.8. The van der Waals surface area contributed by atoms with Gasteiger partial charge in [0.1, 0.15) is 5.70 Å². The number of esters is 1. The van der Waals surface area contributed by atoms with Gasteiger partial charge in [-0.15, -0.1) is 0 Å². The van der Waals surface area contributed by atoms with Crippen LogP contribution in [0.1, 0.15) is 36.2 Å². The molecule has 0 radical (unpaired) electrons. The summed E-state index contributed by atoms with van der Waals surface area (Å²) in [6.45, 7) is 2.53. The van der Waals surface area contributed by atoms with Gasteiger partial charge in [-0.05, 0) is 35.9 Å². The molecule has 7 nitrogen and oxygen atoms in total. The fraction of sp³-hybridized carbons (Fsp3) is 0.182. The lowest BCUT2D eigenvalue weighted by molar-refractivity contribution is -0.139. The van der Waals surface area contributed by atoms with Gasteiger partial charge in [-0.2, -0.15) is 0 Å². The van der Waals surface area contributed by atoms with Crippen molar-refractivity contribution >= 4 is 35.3 Å². The molecule has 2 amide bonds. The Balaban J connectivity index is 2.01. The van der Waals surface area contributed by atoms with Crippen LogP contribution in [-0.2, 0) is 19.1 Å². The van der Waals surface area contributed by atoms with Gasteiger partial charge in [0.25, 0.3) is 0 Å². The Morgan fingerprint density at radius 2 is 1.62 bits per heavy atom. The van der Waals surface area contributed by atoms with Crippen molar-refractivity contribution in [2.24, 2.45) is 0 Å². The van der Waals surface area contributed by atoms with Crippen molar-refractivity contribution in [2.45, 2.75) is 20.3 Å². The van der Waals surface area contributed by atoms with E-state index in [1.54, 1.807) is 43.3 Å². The largest absolute Gasteiger partial charge is 0.453 e. The van der Waals surface area contributed by atoms with Gasteiger partial charge in [0.2, 0.25) is 11.8 Å². The van der Waals surface area contributed by atoms with E-state index in [2.05, 4.69) is 10.6 Å². The van der Waals surface area contributed by atoms with Gasteiger partial charge in [0.15, 0.2) is 12.4 Å². The molecule has 0 spiro atoms. The van der Waals surface area contributed by atoms with Crippen LogP contribution in [0.15, 0.2) is 60.3 Å². The summed E-state index contributed by atoms with van der Waals surface area (Å²) in [6.07, 6.45) is 1.82. The zero-order valence-corrected chi connectivity index (χ0v) is 16.2. The number of Topliss-reactive ketones (excluding diaryl/α,β-unsaturated/α-hetero) is 1. The Morgan fingerprint density at radius 3 is 2.21 bits per heavy atom. The molecule has 0 heterocycles. The number of carbonyl (C=O) groups is 4. The maximum Gasteiger partial charge on any atom is 0.355 e. The molecular formula is C22H22N2O5. The fourth-order valence-corrected chi connectivity index (χ4v) is 2.33. The molecule has 0 aliphatic heterocycles. The number of carbonyl (C=O) groups excluding carboxylic acids is 4. The molecule has 0 aromatic heterocycles. The van der Waals surface area contributed by atoms with E-state index < -0.39 is 24.3 Å². The summed E-state index contributed by atoms with van der Waals surface area (Å²) < 4.78 is 5.06. The number of hydrogen-bond acceptors (Lipinski definition) is 5. The van der Waals surface area contributed by atoms with E-state index in [1.807, 2.05) is 6.07 Å². The summed E-state index contributed by atoms with van der Waals surface area (Å²) in [6, 6.07) is 15.2. The third kappa shape index (κ3) is 7.06. The molecule has 0 aliphatic rings. The van der Waals surface area contributed by atoms with E-state index in [0.29, 0.717) is 23.2 Å². The van der Waals surface area contributed by atoms with Gasteiger partial charge in [-0.25, -0.2) is 4.79 Å². The number of anilines is 1. The molecular weight excluding hydrogens is 372 g/mol. The first-order valence-electron chi connectivity index (χ1n) is 9.03. The number of ketones is 1. The number of benzene rings is 2. The summed E-state index contributed by atoms with van der Waals surface area (Å²) in [7, 11) is 0. The highest BCUT2D eigenvalue weighted by Crippen LogP contribution is 2.11. The quantitative estimate of drug-likeness (QED) is 0.407. The van der Waals surface area contributed by atoms with Gasteiger partial charge < -0.3 is 15.4 Å². The number of nitrogens with one attached hydrogen (secondary N) is 2. The Kier molecular flexibility index (Phi) is 7.85. The lowest BCUT2D eigenvalue weighted by Crippen LogP contribution is -2.27. The second-order valence-corrected chi connectivity index (χ2v) is 6.13. The molecule has 2 aromatic carbocycles. The first kappa shape index (κ1) is 21.6. The molecule has 0 atom stereocenters. The Morgan fingerprint density at radius 1 is 0.966 bits per heavy atom. The third-order valence-corrected chi connectivity index (χ3v) is 3.79. The average Bonchev–Trinajstić information content (AvgIpc) is 2.72. The van der Waals surface area contributed by atoms with Gasteiger partial charge in [-0.1, -0.05) is 37.3 Å². The second kappa shape index (κ2) is 10.6. The molecule has 0 aliphatic carbocycles. The summed E-state index contributed by atoms with van der Waals surface area (Å²) in [5.74, 6) is -1.79. The fourth-order valence-electron chi connectivity index (χ4n) is 2.33. The monoisotopic (exact) mass is 394 g/mol. The molecule has 150 valence electrons. The first-order valence-corrected chi connectivity index (χ1v) is 9.03. The van der Waals surface area contributed by atoms with Crippen LogP contribution >= 0.6 is 0 Å². The minimum Gasteiger partial charge on any atom is -0.453 e. The zero-order chi connectivity index (χ0) is 21.2. The van der Waals surface area contributed by atoms with E-state index >= 15 is 0 Å². The summed E-state index contributed by atoms with van der Waals surface area (Å²) in [4.78, 5) is 47.4. The van der Waals surface area contributed by atoms with Crippen LogP contribution in [0, 0.1) is 0 Å². The highest BCUT2D eigenvalue weighted by atomic mass is 16.5. The molecule has 0 saturated heterocycles. The zero-order valence-electron chi connectivity index (χ0n) is 16.2. The van der Waals surface area contributed by atoms with E-state index in [1.165, 1.54) is 25.1 Å². The molecule has 0 fully saturated rings. The van der Waals surface area contributed by atoms with Crippen LogP contribution in [0.5, 0.6) is 0 Å². The predicted octanol–water partition coefficient (Wildman–Crippen LogP) is 2.94. The summed E-state index contributed by atoms with van der Waals surface area (Å²) in [5.41, 5.74) is 1.54. The van der Waals surface area contributed by atoms with E-state index in [9.17, 15) is 19.2 Å². The third-order valence-electron chi connectivity index (χ3n) is 3.79. The van der Waals surface area contributed by atoms with Crippen LogP contribution in [0.2, 0.25) is 0 Å². The van der Waals surface area contributed by atoms with Crippen LogP contribution in [0.25, 0.3) is 6.08 Å². The summed E-state index contributed by atoms with van der Waals surface area (Å²) in [5, 5.41) is 5.10. The molecule has 29 heavy (non-hydrogen) atoms. The van der Waals surface area contributed by atoms with E-state index in [4.69, 9.17) is 4.74 Å². The van der Waals surface area contributed by atoms with Crippen LogP contribution in [-0.4, -0.2) is 30.2 Å². The number of ether oxygens (including phenoxy) is 1. The minimum atomic E-state index is -0.816. The Hall–Kier alpha value is -3.74. The molecule has 7 heteroatoms. The van der Waals surface area contributed by atoms with Crippen molar-refractivity contribution < 1.29 is 23.9 Å². The van der Waals surface area contributed by atoms with Crippen LogP contribution in [0.4, 0.5) is 5.69 Å². The standard InChI is InChI=1S/C22H22N2O5/c1-3-21(27)24-18-11-9-17(10-12-18)20(26)14-29-22(28)19(23-15(2)25)13-16-7-5-4-6-8-16/h4-13H,3,14H2,1-2H3,(H,23,25)(H,24,27)/b19-13-. The number of hydrogen-bond donors (Lipinski definition) is 2. The van der Waals surface area contributed by atoms with Crippen molar-refractivity contribution in [2.75, 3.05) is 11.9 Å². The Labute approximate surface area is 168 Å². The van der Waals surface area contributed by atoms with E-state index in [-0.39, 0.29) is 11.6 Å². The van der Waals surface area contributed by atoms with Crippen LogP contribution in [0.3, 0.4) is 0 Å². The van der Waals surface area contributed by atoms with Crippen molar-refractivity contribution in [1.82, 2.24) is 5.32 Å². The maximum absolute atomic E-state index is 12.3. The molecule has 2 rings (SSSR count). The van der Waals surface area contributed by atoms with Gasteiger partial charge in [0, 0.05) is 24.6 Å². The maximum atomic E-state index is 12.3. The van der Waals surface area contributed by atoms with Gasteiger partial charge >= 0.3 is 5.97 Å². The molecule has 2 aromatic rings. The Bertz CT molecular complexity index is 918. The summed E-state index contributed by atoms with van der Waals surface area (Å²) >= 11 is 0. The highest BCUT2D eigenvalue weighted by Gasteiger charge is 2.16.